The number of nitrogens with one attached hydrogen (secondary N) is 1. The van der Waals surface area contributed by atoms with Crippen molar-refractivity contribution in [2.45, 2.75) is 43.8 Å². The predicted octanol–water partition coefficient (Wildman–Crippen LogP) is 0.363. The normalized spacial score (nSPS) is 22.2. The summed E-state index contributed by atoms with van der Waals surface area (Å²) in [6.07, 6.45) is 2.07. The van der Waals surface area contributed by atoms with Crippen LogP contribution in [0.1, 0.15) is 33.1 Å². The molecule has 2 radical (unpaired) electrons. The molecule has 68 valence electrons. The molecule has 0 aromatic heterocycles. The van der Waals surface area contributed by atoms with Crippen molar-refractivity contribution in [1.29, 1.82) is 0 Å². The van der Waals surface area contributed by atoms with Crippen molar-refractivity contribution in [3.8, 4) is 0 Å². The van der Waals surface area contributed by atoms with E-state index >= 15 is 0 Å². The van der Waals surface area contributed by atoms with Gasteiger partial charge in [0.05, 0.1) is 7.85 Å². The Balaban J connectivity index is 2.72. The van der Waals surface area contributed by atoms with Gasteiger partial charge >= 0.3 is 0 Å². The second-order valence-corrected chi connectivity index (χ2v) is 5.75. The summed E-state index contributed by atoms with van der Waals surface area (Å²) in [5.74, 6) is 0. The first kappa shape index (κ1) is 10.1. The molecule has 1 aliphatic rings. The molecule has 0 bridgehead atoms. The van der Waals surface area contributed by atoms with Gasteiger partial charge in [-0.2, -0.15) is 0 Å². The van der Waals surface area contributed by atoms with E-state index in [1.54, 1.807) is 13.8 Å². The molecule has 0 aromatic carbocycles. The molecule has 1 saturated carbocycles. The molecule has 0 aromatic rings. The Bertz CT molecular complexity index is 257. The molecule has 3 nitrogen and oxygen atoms in total. The fourth-order valence-corrected chi connectivity index (χ4v) is 2.90. The van der Waals surface area contributed by atoms with Crippen LogP contribution in [-0.4, -0.2) is 27.0 Å². The van der Waals surface area contributed by atoms with Crippen LogP contribution >= 0.6 is 0 Å². The van der Waals surface area contributed by atoms with Crippen molar-refractivity contribution in [1.82, 2.24) is 4.72 Å². The Hall–Kier alpha value is -0.0251. The van der Waals surface area contributed by atoms with Gasteiger partial charge in [-0.05, 0) is 26.7 Å². The van der Waals surface area contributed by atoms with Gasteiger partial charge in [0.15, 0.2) is 0 Å². The lowest BCUT2D eigenvalue weighted by Crippen LogP contribution is -2.53. The first-order valence-corrected chi connectivity index (χ1v) is 5.66. The summed E-state index contributed by atoms with van der Waals surface area (Å²) in [5.41, 5.74) is 0. The van der Waals surface area contributed by atoms with E-state index in [4.69, 9.17) is 7.85 Å². The van der Waals surface area contributed by atoms with Gasteiger partial charge in [-0.3, -0.25) is 0 Å². The molecule has 1 rings (SSSR count). The van der Waals surface area contributed by atoms with Crippen molar-refractivity contribution in [3.05, 3.63) is 0 Å². The summed E-state index contributed by atoms with van der Waals surface area (Å²) in [5, 5.41) is 0. The highest BCUT2D eigenvalue weighted by Crippen LogP contribution is 2.35. The van der Waals surface area contributed by atoms with Crippen LogP contribution in [0.4, 0.5) is 0 Å². The van der Waals surface area contributed by atoms with Gasteiger partial charge in [-0.25, -0.2) is 13.1 Å². The molecular formula is C7H14BNO2S. The highest BCUT2D eigenvalue weighted by Gasteiger charge is 2.43. The van der Waals surface area contributed by atoms with Crippen LogP contribution in [0.5, 0.6) is 0 Å². The van der Waals surface area contributed by atoms with E-state index < -0.39 is 14.7 Å². The van der Waals surface area contributed by atoms with E-state index in [1.165, 1.54) is 0 Å². The molecular weight excluding hydrogens is 173 g/mol. The molecule has 0 unspecified atom stereocenters. The molecule has 12 heavy (non-hydrogen) atoms. The number of rotatable bonds is 3. The Labute approximate surface area is 75.4 Å². The molecule has 0 spiro atoms. The zero-order valence-electron chi connectivity index (χ0n) is 7.50. The van der Waals surface area contributed by atoms with Crippen LogP contribution < -0.4 is 4.72 Å². The summed E-state index contributed by atoms with van der Waals surface area (Å²) >= 11 is 0. The second kappa shape index (κ2) is 3.03. The Morgan fingerprint density at radius 2 is 1.92 bits per heavy atom. The maximum atomic E-state index is 11.5. The first-order chi connectivity index (χ1) is 5.37. The van der Waals surface area contributed by atoms with Gasteiger partial charge in [-0.1, -0.05) is 6.42 Å². The van der Waals surface area contributed by atoms with Gasteiger partial charge in [0.2, 0.25) is 10.0 Å². The molecule has 0 heterocycles. The lowest BCUT2D eigenvalue weighted by molar-refractivity contribution is 0.427. The first-order valence-electron chi connectivity index (χ1n) is 4.18. The predicted molar refractivity (Wildman–Crippen MR) is 49.5 cm³/mol. The van der Waals surface area contributed by atoms with Crippen molar-refractivity contribution in [3.63, 3.8) is 0 Å². The highest BCUT2D eigenvalue weighted by atomic mass is 32.2. The standard InChI is InChI=1S/C7H14BNO2S/c1-6(2)9-12(10,11)7(8)4-3-5-7/h6,9H,3-5H2,1-2H3. The summed E-state index contributed by atoms with van der Waals surface area (Å²) in [7, 11) is 2.38. The average Bonchev–Trinajstić information content (AvgIpc) is 1.79. The second-order valence-electron chi connectivity index (χ2n) is 3.69. The van der Waals surface area contributed by atoms with Gasteiger partial charge in [0, 0.05) is 10.7 Å². The van der Waals surface area contributed by atoms with Gasteiger partial charge in [0.1, 0.15) is 0 Å². The van der Waals surface area contributed by atoms with E-state index in [0.29, 0.717) is 12.8 Å². The molecule has 0 aliphatic heterocycles. The van der Waals surface area contributed by atoms with Crippen LogP contribution in [0.3, 0.4) is 0 Å². The third-order valence-electron chi connectivity index (χ3n) is 2.13. The van der Waals surface area contributed by atoms with Crippen molar-refractivity contribution in [2.24, 2.45) is 0 Å². The Morgan fingerprint density at radius 1 is 1.42 bits per heavy atom. The topological polar surface area (TPSA) is 46.2 Å². The van der Waals surface area contributed by atoms with E-state index in [0.717, 1.165) is 6.42 Å². The summed E-state index contributed by atoms with van der Waals surface area (Å²) in [4.78, 5) is 0. The maximum Gasteiger partial charge on any atom is 0.209 e. The summed E-state index contributed by atoms with van der Waals surface area (Å²) in [6.45, 7) is 3.58. The van der Waals surface area contributed by atoms with Crippen LogP contribution in [-0.2, 0) is 10.0 Å². The summed E-state index contributed by atoms with van der Waals surface area (Å²) < 4.78 is 24.5. The molecule has 1 N–H and O–H groups in total. The lowest BCUT2D eigenvalue weighted by atomic mass is 9.70. The van der Waals surface area contributed by atoms with Crippen LogP contribution in [0.15, 0.2) is 0 Å². The van der Waals surface area contributed by atoms with Crippen molar-refractivity contribution in [2.75, 3.05) is 0 Å². The Kier molecular flexibility index (Phi) is 2.54. The van der Waals surface area contributed by atoms with Crippen LogP contribution in [0.25, 0.3) is 0 Å². The number of hydrogen-bond donors (Lipinski definition) is 1. The zero-order valence-corrected chi connectivity index (χ0v) is 8.32. The van der Waals surface area contributed by atoms with E-state index in [1.807, 2.05) is 0 Å². The van der Waals surface area contributed by atoms with Crippen LogP contribution in [0, 0.1) is 0 Å². The molecule has 0 saturated heterocycles. The molecule has 5 heteroatoms. The number of sulfonamides is 1. The minimum absolute atomic E-state index is 0.0731. The fraction of sp³-hybridized carbons (Fsp3) is 1.00. The largest absolute Gasteiger partial charge is 0.213 e. The van der Waals surface area contributed by atoms with Crippen molar-refractivity contribution >= 4 is 17.9 Å². The highest BCUT2D eigenvalue weighted by molar-refractivity contribution is 7.92. The minimum atomic E-state index is -3.29. The lowest BCUT2D eigenvalue weighted by Gasteiger charge is -2.38. The monoisotopic (exact) mass is 187 g/mol. The van der Waals surface area contributed by atoms with E-state index in [-0.39, 0.29) is 6.04 Å². The van der Waals surface area contributed by atoms with E-state index in [9.17, 15) is 8.42 Å². The third-order valence-corrected chi connectivity index (χ3v) is 4.39. The van der Waals surface area contributed by atoms with Crippen LogP contribution in [0.2, 0.25) is 0 Å². The quantitative estimate of drug-likeness (QED) is 0.648. The minimum Gasteiger partial charge on any atom is -0.213 e. The average molecular weight is 187 g/mol. The molecule has 1 fully saturated rings. The summed E-state index contributed by atoms with van der Waals surface area (Å²) in [6, 6.07) is -0.0731. The number of hydrogen-bond acceptors (Lipinski definition) is 2. The van der Waals surface area contributed by atoms with E-state index in [2.05, 4.69) is 4.72 Å². The third kappa shape index (κ3) is 1.66. The van der Waals surface area contributed by atoms with Gasteiger partial charge < -0.3 is 0 Å². The SMILES string of the molecule is [B]C1(S(=O)(=O)NC(C)C)CCC1. The zero-order chi connectivity index (χ0) is 9.41. The maximum absolute atomic E-state index is 11.5. The van der Waals surface area contributed by atoms with Crippen molar-refractivity contribution < 1.29 is 8.42 Å². The smallest absolute Gasteiger partial charge is 0.209 e. The van der Waals surface area contributed by atoms with Gasteiger partial charge in [0.25, 0.3) is 0 Å². The molecule has 0 amide bonds. The fourth-order valence-electron chi connectivity index (χ4n) is 1.22. The molecule has 1 aliphatic carbocycles. The van der Waals surface area contributed by atoms with Gasteiger partial charge in [-0.15, -0.1) is 0 Å². The molecule has 0 atom stereocenters. The Morgan fingerprint density at radius 3 is 2.17 bits per heavy atom.